The number of carboxylic acid groups (broad SMARTS) is 1. The quantitative estimate of drug-likeness (QED) is 0.810. The van der Waals surface area contributed by atoms with Gasteiger partial charge in [0.2, 0.25) is 0 Å². The van der Waals surface area contributed by atoms with Crippen molar-refractivity contribution in [2.45, 2.75) is 33.0 Å². The number of aliphatic carboxylic acids is 1. The van der Waals surface area contributed by atoms with E-state index in [0.29, 0.717) is 12.0 Å². The maximum absolute atomic E-state index is 12.6. The molecule has 1 rings (SSSR count). The number of nitrogens with one attached hydrogen (secondary N) is 1. The summed E-state index contributed by atoms with van der Waals surface area (Å²) in [5, 5.41) is 12.0. The summed E-state index contributed by atoms with van der Waals surface area (Å²) in [6.07, 6.45) is -3.83. The van der Waals surface area contributed by atoms with Crippen LogP contribution in [0.3, 0.4) is 0 Å². The zero-order chi connectivity index (χ0) is 16.0. The molecule has 0 aliphatic rings. The van der Waals surface area contributed by atoms with Crippen LogP contribution in [0.4, 0.5) is 13.2 Å². The Morgan fingerprint density at radius 3 is 2.52 bits per heavy atom. The van der Waals surface area contributed by atoms with Gasteiger partial charge in [-0.3, -0.25) is 4.79 Å². The molecule has 1 aromatic rings. The Labute approximate surface area is 122 Å². The van der Waals surface area contributed by atoms with E-state index in [1.54, 1.807) is 6.07 Å². The highest BCUT2D eigenvalue weighted by molar-refractivity contribution is 5.70. The molecule has 1 unspecified atom stereocenters. The Morgan fingerprint density at radius 1 is 1.33 bits per heavy atom. The second kappa shape index (κ2) is 7.45. The first-order valence-corrected chi connectivity index (χ1v) is 6.79. The lowest BCUT2D eigenvalue weighted by atomic mass is 9.97. The molecular weight excluding hydrogens is 283 g/mol. The highest BCUT2D eigenvalue weighted by atomic mass is 19.4. The first-order valence-electron chi connectivity index (χ1n) is 6.79. The summed E-state index contributed by atoms with van der Waals surface area (Å²) in [6.45, 7) is 4.32. The summed E-state index contributed by atoms with van der Waals surface area (Å²) in [5.74, 6) is -1.17. The SMILES string of the molecule is CC(C)CC(CNCc1cccc(C(F)(F)F)c1)C(=O)O. The van der Waals surface area contributed by atoms with Gasteiger partial charge in [-0.05, 0) is 24.0 Å². The van der Waals surface area contributed by atoms with Gasteiger partial charge in [0, 0.05) is 13.1 Å². The van der Waals surface area contributed by atoms with Gasteiger partial charge in [-0.1, -0.05) is 32.0 Å². The summed E-state index contributed by atoms with van der Waals surface area (Å²) < 4.78 is 37.7. The fourth-order valence-electron chi connectivity index (χ4n) is 2.09. The standard InChI is InChI=1S/C15H20F3NO2/c1-10(2)6-12(14(20)21)9-19-8-11-4-3-5-13(7-11)15(16,17)18/h3-5,7,10,12,19H,6,8-9H2,1-2H3,(H,20,21). The Hall–Kier alpha value is -1.56. The molecule has 1 aromatic carbocycles. The lowest BCUT2D eigenvalue weighted by Crippen LogP contribution is -2.29. The summed E-state index contributed by atoms with van der Waals surface area (Å²) in [4.78, 5) is 11.1. The minimum absolute atomic E-state index is 0.214. The molecule has 2 N–H and O–H groups in total. The van der Waals surface area contributed by atoms with Crippen molar-refractivity contribution < 1.29 is 23.1 Å². The number of rotatable bonds is 7. The number of hydrogen-bond acceptors (Lipinski definition) is 2. The molecule has 3 nitrogen and oxygen atoms in total. The van der Waals surface area contributed by atoms with Gasteiger partial charge < -0.3 is 10.4 Å². The van der Waals surface area contributed by atoms with Crippen LogP contribution in [0.25, 0.3) is 0 Å². The molecule has 0 aliphatic carbocycles. The van der Waals surface area contributed by atoms with Crippen LogP contribution in [0, 0.1) is 11.8 Å². The molecule has 1 atom stereocenters. The minimum atomic E-state index is -4.36. The topological polar surface area (TPSA) is 49.3 Å². The van der Waals surface area contributed by atoms with Gasteiger partial charge in [0.15, 0.2) is 0 Å². The zero-order valence-corrected chi connectivity index (χ0v) is 12.1. The van der Waals surface area contributed by atoms with Gasteiger partial charge in [-0.2, -0.15) is 13.2 Å². The first-order chi connectivity index (χ1) is 9.70. The average Bonchev–Trinajstić information content (AvgIpc) is 2.36. The molecule has 0 heterocycles. The van der Waals surface area contributed by atoms with E-state index >= 15 is 0 Å². The summed E-state index contributed by atoms with van der Waals surface area (Å²) in [6, 6.07) is 5.02. The van der Waals surface area contributed by atoms with E-state index in [2.05, 4.69) is 5.32 Å². The minimum Gasteiger partial charge on any atom is -0.481 e. The van der Waals surface area contributed by atoms with Crippen molar-refractivity contribution in [3.05, 3.63) is 35.4 Å². The summed E-state index contributed by atoms with van der Waals surface area (Å²) in [7, 11) is 0. The molecule has 21 heavy (non-hydrogen) atoms. The second-order valence-corrected chi connectivity index (χ2v) is 5.49. The Morgan fingerprint density at radius 2 is 2.00 bits per heavy atom. The molecule has 0 radical (unpaired) electrons. The van der Waals surface area contributed by atoms with Gasteiger partial charge in [-0.15, -0.1) is 0 Å². The third-order valence-corrected chi connectivity index (χ3v) is 3.08. The van der Waals surface area contributed by atoms with Gasteiger partial charge in [0.1, 0.15) is 0 Å². The number of carboxylic acids is 1. The molecule has 0 fully saturated rings. The van der Waals surface area contributed by atoms with Crippen molar-refractivity contribution in [3.8, 4) is 0 Å². The van der Waals surface area contributed by atoms with Crippen molar-refractivity contribution in [2.75, 3.05) is 6.54 Å². The fraction of sp³-hybridized carbons (Fsp3) is 0.533. The number of halogens is 3. The second-order valence-electron chi connectivity index (χ2n) is 5.49. The van der Waals surface area contributed by atoms with Crippen molar-refractivity contribution in [1.82, 2.24) is 5.32 Å². The Balaban J connectivity index is 2.57. The number of benzene rings is 1. The lowest BCUT2D eigenvalue weighted by Gasteiger charge is -2.16. The Kier molecular flexibility index (Phi) is 6.20. The van der Waals surface area contributed by atoms with Crippen LogP contribution in [-0.2, 0) is 17.5 Å². The van der Waals surface area contributed by atoms with Crippen molar-refractivity contribution in [2.24, 2.45) is 11.8 Å². The fourth-order valence-corrected chi connectivity index (χ4v) is 2.09. The van der Waals surface area contributed by atoms with Crippen molar-refractivity contribution in [1.29, 1.82) is 0 Å². The molecule has 0 amide bonds. The molecule has 118 valence electrons. The third-order valence-electron chi connectivity index (χ3n) is 3.08. The molecule has 0 bridgehead atoms. The largest absolute Gasteiger partial charge is 0.481 e. The van der Waals surface area contributed by atoms with E-state index in [1.165, 1.54) is 6.07 Å². The maximum Gasteiger partial charge on any atom is 0.416 e. The van der Waals surface area contributed by atoms with E-state index < -0.39 is 23.6 Å². The smallest absolute Gasteiger partial charge is 0.416 e. The van der Waals surface area contributed by atoms with Crippen LogP contribution in [-0.4, -0.2) is 17.6 Å². The number of carbonyl (C=O) groups is 1. The number of alkyl halides is 3. The van der Waals surface area contributed by atoms with Crippen LogP contribution >= 0.6 is 0 Å². The molecule has 0 aromatic heterocycles. The van der Waals surface area contributed by atoms with E-state index in [1.807, 2.05) is 13.8 Å². The molecule has 0 spiro atoms. The van der Waals surface area contributed by atoms with Crippen LogP contribution in [0.5, 0.6) is 0 Å². The van der Waals surface area contributed by atoms with Crippen molar-refractivity contribution >= 4 is 5.97 Å². The summed E-state index contributed by atoms with van der Waals surface area (Å²) >= 11 is 0. The molecule has 0 aliphatic heterocycles. The molecule has 0 saturated carbocycles. The lowest BCUT2D eigenvalue weighted by molar-refractivity contribution is -0.142. The van der Waals surface area contributed by atoms with Crippen LogP contribution in [0.2, 0.25) is 0 Å². The van der Waals surface area contributed by atoms with Crippen LogP contribution in [0.1, 0.15) is 31.4 Å². The normalized spacial score (nSPS) is 13.4. The van der Waals surface area contributed by atoms with E-state index in [0.717, 1.165) is 12.1 Å². The van der Waals surface area contributed by atoms with Crippen molar-refractivity contribution in [3.63, 3.8) is 0 Å². The third kappa shape index (κ3) is 6.16. The highest BCUT2D eigenvalue weighted by Crippen LogP contribution is 2.29. The van der Waals surface area contributed by atoms with Gasteiger partial charge in [0.05, 0.1) is 11.5 Å². The molecule has 0 saturated heterocycles. The number of hydrogen-bond donors (Lipinski definition) is 2. The first kappa shape index (κ1) is 17.5. The average molecular weight is 303 g/mol. The maximum atomic E-state index is 12.6. The van der Waals surface area contributed by atoms with E-state index in [4.69, 9.17) is 5.11 Å². The van der Waals surface area contributed by atoms with Gasteiger partial charge in [0.25, 0.3) is 0 Å². The zero-order valence-electron chi connectivity index (χ0n) is 12.1. The predicted octanol–water partition coefficient (Wildman–Crippen LogP) is 3.54. The van der Waals surface area contributed by atoms with Gasteiger partial charge in [-0.25, -0.2) is 0 Å². The van der Waals surface area contributed by atoms with Gasteiger partial charge >= 0.3 is 12.1 Å². The Bertz CT molecular complexity index is 472. The predicted molar refractivity (Wildman–Crippen MR) is 73.7 cm³/mol. The van der Waals surface area contributed by atoms with Crippen LogP contribution < -0.4 is 5.32 Å². The monoisotopic (exact) mass is 303 g/mol. The van der Waals surface area contributed by atoms with E-state index in [-0.39, 0.29) is 19.0 Å². The molecular formula is C15H20F3NO2. The van der Waals surface area contributed by atoms with Crippen LogP contribution in [0.15, 0.2) is 24.3 Å². The highest BCUT2D eigenvalue weighted by Gasteiger charge is 2.30. The molecule has 6 heteroatoms. The summed E-state index contributed by atoms with van der Waals surface area (Å²) in [5.41, 5.74) is -0.211. The van der Waals surface area contributed by atoms with E-state index in [9.17, 15) is 18.0 Å².